The number of quaternary nitrogens is 1. The van der Waals surface area contributed by atoms with Crippen LogP contribution in [0.4, 0.5) is 0 Å². The standard InChI is InChI=1S/C45H83NO7/c1-6-8-10-12-14-16-18-20-22-24-26-28-30-32-34-36-44(48)53-41(39-51-38-37-42(45(49)50)46(3,4)5)40-52-43(47)35-33-31-29-27-25-23-21-19-17-15-13-11-9-7-2/h16,18,23,25,41-42H,6-15,17,19-22,24,26-40H2,1-5H3/p+1/b18-16+,25-23+. The van der Waals surface area contributed by atoms with E-state index in [2.05, 4.69) is 38.2 Å². The highest BCUT2D eigenvalue weighted by atomic mass is 16.6. The maximum absolute atomic E-state index is 12.7. The van der Waals surface area contributed by atoms with Crippen LogP contribution in [0.15, 0.2) is 24.3 Å². The lowest BCUT2D eigenvalue weighted by Crippen LogP contribution is -2.50. The van der Waals surface area contributed by atoms with Crippen LogP contribution in [0.25, 0.3) is 0 Å². The fourth-order valence-corrected chi connectivity index (χ4v) is 6.37. The van der Waals surface area contributed by atoms with Crippen LogP contribution in [0, 0.1) is 0 Å². The molecule has 53 heavy (non-hydrogen) atoms. The fourth-order valence-electron chi connectivity index (χ4n) is 6.37. The molecular formula is C45H84NO7+. The number of ether oxygens (including phenoxy) is 3. The first-order valence-electron chi connectivity index (χ1n) is 21.9. The monoisotopic (exact) mass is 751 g/mol. The van der Waals surface area contributed by atoms with Gasteiger partial charge in [-0.25, -0.2) is 4.79 Å². The number of nitrogens with zero attached hydrogens (tertiary/aromatic N) is 1. The molecule has 8 heteroatoms. The van der Waals surface area contributed by atoms with Gasteiger partial charge in [0.15, 0.2) is 12.1 Å². The van der Waals surface area contributed by atoms with Gasteiger partial charge in [-0.05, 0) is 64.2 Å². The number of aliphatic carboxylic acids is 1. The predicted octanol–water partition coefficient (Wildman–Crippen LogP) is 11.7. The summed E-state index contributed by atoms with van der Waals surface area (Å²) in [5.74, 6) is -1.49. The maximum Gasteiger partial charge on any atom is 0.362 e. The Labute approximate surface area is 326 Å². The highest BCUT2D eigenvalue weighted by molar-refractivity contribution is 5.72. The molecule has 0 aliphatic heterocycles. The number of unbranched alkanes of at least 4 members (excludes halogenated alkanes) is 21. The Hall–Kier alpha value is -2.19. The lowest BCUT2D eigenvalue weighted by atomic mass is 10.1. The molecule has 0 radical (unpaired) electrons. The van der Waals surface area contributed by atoms with Crippen molar-refractivity contribution in [1.29, 1.82) is 0 Å². The topological polar surface area (TPSA) is 99.1 Å². The lowest BCUT2D eigenvalue weighted by molar-refractivity contribution is -0.887. The molecule has 0 aliphatic rings. The molecule has 0 amide bonds. The zero-order chi connectivity index (χ0) is 39.3. The second-order valence-corrected chi connectivity index (χ2v) is 15.9. The molecule has 0 spiro atoms. The van der Waals surface area contributed by atoms with E-state index in [0.717, 1.165) is 51.4 Å². The van der Waals surface area contributed by atoms with E-state index >= 15 is 0 Å². The summed E-state index contributed by atoms with van der Waals surface area (Å²) in [5, 5.41) is 9.61. The lowest BCUT2D eigenvalue weighted by Gasteiger charge is -2.31. The van der Waals surface area contributed by atoms with Crippen LogP contribution in [0.2, 0.25) is 0 Å². The van der Waals surface area contributed by atoms with Gasteiger partial charge in [0.05, 0.1) is 34.4 Å². The van der Waals surface area contributed by atoms with Gasteiger partial charge in [-0.1, -0.05) is 134 Å². The number of hydrogen-bond acceptors (Lipinski definition) is 6. The summed E-state index contributed by atoms with van der Waals surface area (Å²) >= 11 is 0. The SMILES string of the molecule is CCCCCC/C=C/CCCCCCCCCC(=O)OC(COCCC(C(=O)O)[N+](C)(C)C)COC(=O)CCCCC/C=C/CCCCCCCCC. The van der Waals surface area contributed by atoms with Crippen LogP contribution < -0.4 is 0 Å². The van der Waals surface area contributed by atoms with E-state index in [-0.39, 0.29) is 36.2 Å². The number of rotatable bonds is 39. The van der Waals surface area contributed by atoms with Crippen molar-refractivity contribution in [3.63, 3.8) is 0 Å². The smallest absolute Gasteiger partial charge is 0.362 e. The van der Waals surface area contributed by atoms with Crippen molar-refractivity contribution in [1.82, 2.24) is 0 Å². The quantitative estimate of drug-likeness (QED) is 0.0289. The Morgan fingerprint density at radius 2 is 0.943 bits per heavy atom. The van der Waals surface area contributed by atoms with E-state index in [9.17, 15) is 19.5 Å². The Bertz CT molecular complexity index is 926. The Balaban J connectivity index is 4.37. The van der Waals surface area contributed by atoms with Crippen molar-refractivity contribution in [2.75, 3.05) is 41.0 Å². The first-order valence-corrected chi connectivity index (χ1v) is 21.9. The van der Waals surface area contributed by atoms with Gasteiger partial charge in [-0.15, -0.1) is 0 Å². The van der Waals surface area contributed by atoms with Crippen molar-refractivity contribution >= 4 is 17.9 Å². The summed E-state index contributed by atoms with van der Waals surface area (Å²) in [6.45, 7) is 4.71. The van der Waals surface area contributed by atoms with Gasteiger partial charge >= 0.3 is 17.9 Å². The Morgan fingerprint density at radius 1 is 0.547 bits per heavy atom. The Morgan fingerprint density at radius 3 is 1.40 bits per heavy atom. The van der Waals surface area contributed by atoms with Gasteiger partial charge in [0.2, 0.25) is 0 Å². The number of carbonyl (C=O) groups excluding carboxylic acids is 2. The van der Waals surface area contributed by atoms with Crippen LogP contribution in [0.1, 0.15) is 194 Å². The maximum atomic E-state index is 12.7. The number of carboxylic acid groups (broad SMARTS) is 1. The molecule has 8 nitrogen and oxygen atoms in total. The largest absolute Gasteiger partial charge is 0.477 e. The molecule has 0 rings (SSSR count). The minimum Gasteiger partial charge on any atom is -0.477 e. The molecule has 0 aromatic carbocycles. The zero-order valence-electron chi connectivity index (χ0n) is 35.2. The first kappa shape index (κ1) is 50.8. The number of esters is 2. The van der Waals surface area contributed by atoms with Crippen molar-refractivity contribution in [3.05, 3.63) is 24.3 Å². The van der Waals surface area contributed by atoms with Gasteiger partial charge in [0, 0.05) is 19.3 Å². The molecule has 0 aromatic rings. The number of likely N-dealkylation sites (N-methyl/N-ethyl adjacent to an activating group) is 1. The molecule has 310 valence electrons. The molecule has 0 fully saturated rings. The minimum absolute atomic E-state index is 0.0573. The van der Waals surface area contributed by atoms with E-state index < -0.39 is 18.1 Å². The highest BCUT2D eigenvalue weighted by Crippen LogP contribution is 2.14. The summed E-state index contributed by atoms with van der Waals surface area (Å²) in [4.78, 5) is 36.9. The van der Waals surface area contributed by atoms with E-state index in [1.165, 1.54) is 109 Å². The van der Waals surface area contributed by atoms with Crippen molar-refractivity contribution in [2.45, 2.75) is 206 Å². The summed E-state index contributed by atoms with van der Waals surface area (Å²) in [6, 6.07) is -0.614. The fraction of sp³-hybridized carbons (Fsp3) is 0.844. The van der Waals surface area contributed by atoms with Crippen molar-refractivity contribution in [3.8, 4) is 0 Å². The molecule has 0 heterocycles. The molecule has 2 unspecified atom stereocenters. The second-order valence-electron chi connectivity index (χ2n) is 15.9. The van der Waals surface area contributed by atoms with E-state index in [4.69, 9.17) is 14.2 Å². The number of carbonyl (C=O) groups is 3. The van der Waals surface area contributed by atoms with Crippen molar-refractivity contribution in [2.24, 2.45) is 0 Å². The summed E-state index contributed by atoms with van der Waals surface area (Å²) < 4.78 is 17.3. The van der Waals surface area contributed by atoms with Crippen LogP contribution in [-0.2, 0) is 28.6 Å². The van der Waals surface area contributed by atoms with Gasteiger partial charge < -0.3 is 23.8 Å². The summed E-state index contributed by atoms with van der Waals surface area (Å²) in [6.07, 6.45) is 39.3. The molecule has 0 aromatic heterocycles. The minimum atomic E-state index is -0.877. The molecule has 1 N–H and O–H groups in total. The first-order chi connectivity index (χ1) is 25.6. The van der Waals surface area contributed by atoms with E-state index in [0.29, 0.717) is 19.3 Å². The van der Waals surface area contributed by atoms with Crippen LogP contribution in [-0.4, -0.2) is 80.6 Å². The third-order valence-corrected chi connectivity index (χ3v) is 9.82. The Kier molecular flexibility index (Phi) is 35.2. The molecule has 2 atom stereocenters. The van der Waals surface area contributed by atoms with E-state index in [1.54, 1.807) is 0 Å². The normalized spacial score (nSPS) is 13.2. The summed E-state index contributed by atoms with van der Waals surface area (Å²) in [5.41, 5.74) is 0. The molecule has 0 saturated carbocycles. The number of hydrogen-bond donors (Lipinski definition) is 1. The molecule has 0 saturated heterocycles. The molecule has 0 aliphatic carbocycles. The van der Waals surface area contributed by atoms with E-state index in [1.807, 2.05) is 21.1 Å². The second kappa shape index (κ2) is 36.8. The van der Waals surface area contributed by atoms with Gasteiger partial charge in [0.1, 0.15) is 6.61 Å². The molecule has 0 bridgehead atoms. The highest BCUT2D eigenvalue weighted by Gasteiger charge is 2.31. The third-order valence-electron chi connectivity index (χ3n) is 9.82. The van der Waals surface area contributed by atoms with Crippen molar-refractivity contribution < 1.29 is 38.2 Å². The predicted molar refractivity (Wildman–Crippen MR) is 220 cm³/mol. The van der Waals surface area contributed by atoms with Gasteiger partial charge in [0.25, 0.3) is 0 Å². The summed E-state index contributed by atoms with van der Waals surface area (Å²) in [7, 11) is 5.52. The average molecular weight is 751 g/mol. The van der Waals surface area contributed by atoms with Gasteiger partial charge in [-0.2, -0.15) is 0 Å². The zero-order valence-corrected chi connectivity index (χ0v) is 35.2. The number of allylic oxidation sites excluding steroid dienone is 4. The van der Waals surface area contributed by atoms with Gasteiger partial charge in [-0.3, -0.25) is 9.59 Å². The third kappa shape index (κ3) is 35.3. The van der Waals surface area contributed by atoms with Crippen LogP contribution in [0.3, 0.4) is 0 Å². The van der Waals surface area contributed by atoms with Crippen LogP contribution >= 0.6 is 0 Å². The number of carboxylic acids is 1. The van der Waals surface area contributed by atoms with Crippen LogP contribution in [0.5, 0.6) is 0 Å². The average Bonchev–Trinajstić information content (AvgIpc) is 3.11. The molecular weight excluding hydrogens is 666 g/mol.